The van der Waals surface area contributed by atoms with Gasteiger partial charge in [-0.15, -0.1) is 0 Å². The molecule has 10 rings (SSSR count). The van der Waals surface area contributed by atoms with Crippen LogP contribution in [0.5, 0.6) is 0 Å². The van der Waals surface area contributed by atoms with Gasteiger partial charge >= 0.3 is 12.2 Å². The number of amides is 4. The Balaban J connectivity index is 0.825. The number of carbonyl (C=O) groups excluding carboxylic acids is 4. The van der Waals surface area contributed by atoms with Gasteiger partial charge in [0.05, 0.1) is 43.0 Å². The standard InChI is InChI=1S/C51H57N7O8/c1-63-50(61)55-45(30-15-21-65-22-16-30)48(59)57-19-3-5-43(57)42-29-38-27-36(11-13-39(38)52-42)34-8-7-33-26-35(10-9-32(33)25-34)37-12-14-40-41(28-37)54-47(53-40)44-6-4-20-58(44)49(60)46(56-51(62)64-2)31-17-23-66-24-18-31/h7-14,25-28,30-31,43-46H,3-6,15-24,29H2,1-2H3,(H,53,54)(H,55,61)(H,56,62)/t43-,44-,45-,46-/m0/s1. The number of hydrogen-bond donors (Lipinski definition) is 3. The molecular weight excluding hydrogens is 839 g/mol. The lowest BCUT2D eigenvalue weighted by Crippen LogP contribution is -2.55. The number of aromatic nitrogens is 2. The summed E-state index contributed by atoms with van der Waals surface area (Å²) < 4.78 is 20.9. The quantitative estimate of drug-likeness (QED) is 0.127. The SMILES string of the molecule is COC(=O)N[C@H](C(=O)N1CCC[C@H]1C1=Nc2ccc(-c3ccc4cc(-c5ccc6nc([C@@H]7CCCN7C(=O)[C@@H](NC(=O)OC)C7CCOCC7)[nH]c6c5)ccc4c3)cc2C1)C1CCOCC1. The third kappa shape index (κ3) is 8.73. The third-order valence-corrected chi connectivity index (χ3v) is 14.4. The summed E-state index contributed by atoms with van der Waals surface area (Å²) in [7, 11) is 2.64. The average Bonchev–Trinajstić information content (AvgIpc) is 4.20. The van der Waals surface area contributed by atoms with Crippen LogP contribution in [-0.2, 0) is 35.0 Å². The van der Waals surface area contributed by atoms with E-state index in [9.17, 15) is 19.2 Å². The average molecular weight is 896 g/mol. The molecule has 0 bridgehead atoms. The van der Waals surface area contributed by atoms with Crippen molar-refractivity contribution in [2.45, 2.75) is 82.0 Å². The van der Waals surface area contributed by atoms with E-state index in [4.69, 9.17) is 28.9 Å². The zero-order valence-corrected chi connectivity index (χ0v) is 37.6. The molecule has 5 aliphatic heterocycles. The van der Waals surface area contributed by atoms with Crippen molar-refractivity contribution in [1.29, 1.82) is 0 Å². The number of aromatic amines is 1. The van der Waals surface area contributed by atoms with E-state index in [0.29, 0.717) is 71.6 Å². The summed E-state index contributed by atoms with van der Waals surface area (Å²) >= 11 is 0. The van der Waals surface area contributed by atoms with E-state index >= 15 is 0 Å². The Hall–Kier alpha value is -6.32. The van der Waals surface area contributed by atoms with E-state index in [1.165, 1.54) is 14.2 Å². The Morgan fingerprint density at radius 1 is 0.652 bits per heavy atom. The number of rotatable bonds is 10. The van der Waals surface area contributed by atoms with E-state index in [1.54, 1.807) is 0 Å². The summed E-state index contributed by atoms with van der Waals surface area (Å²) in [6, 6.07) is 24.1. The van der Waals surface area contributed by atoms with Crippen LogP contribution in [0.25, 0.3) is 44.1 Å². The van der Waals surface area contributed by atoms with Gasteiger partial charge in [0.15, 0.2) is 0 Å². The van der Waals surface area contributed by atoms with Gasteiger partial charge in [-0.3, -0.25) is 14.6 Å². The van der Waals surface area contributed by atoms with E-state index in [-0.39, 0.29) is 35.7 Å². The van der Waals surface area contributed by atoms with Gasteiger partial charge in [-0.1, -0.05) is 36.4 Å². The summed E-state index contributed by atoms with van der Waals surface area (Å²) in [6.45, 7) is 3.48. The lowest BCUT2D eigenvalue weighted by molar-refractivity contribution is -0.137. The zero-order valence-electron chi connectivity index (χ0n) is 37.6. The minimum Gasteiger partial charge on any atom is -0.453 e. The molecule has 4 amide bonds. The molecule has 15 heteroatoms. The predicted molar refractivity (Wildman–Crippen MR) is 249 cm³/mol. The molecule has 1 aromatic heterocycles. The van der Waals surface area contributed by atoms with Crippen molar-refractivity contribution in [3.63, 3.8) is 0 Å². The molecule has 4 fully saturated rings. The van der Waals surface area contributed by atoms with Gasteiger partial charge in [0.2, 0.25) is 11.8 Å². The summed E-state index contributed by atoms with van der Waals surface area (Å²) in [5.41, 5.74) is 9.17. The van der Waals surface area contributed by atoms with E-state index in [2.05, 4.69) is 82.3 Å². The minimum atomic E-state index is -0.687. The molecule has 66 heavy (non-hydrogen) atoms. The molecule has 344 valence electrons. The van der Waals surface area contributed by atoms with Gasteiger partial charge in [0.1, 0.15) is 17.9 Å². The lowest BCUT2D eigenvalue weighted by Gasteiger charge is -2.34. The first-order valence-electron chi connectivity index (χ1n) is 23.4. The van der Waals surface area contributed by atoms with Crippen LogP contribution in [-0.4, -0.2) is 121 Å². The molecule has 0 spiro atoms. The number of ether oxygens (including phenoxy) is 4. The number of imidazole rings is 1. The van der Waals surface area contributed by atoms with Crippen LogP contribution >= 0.6 is 0 Å². The first kappa shape index (κ1) is 43.6. The van der Waals surface area contributed by atoms with Gasteiger partial charge < -0.3 is 44.4 Å². The summed E-state index contributed by atoms with van der Waals surface area (Å²) in [5, 5.41) is 7.94. The van der Waals surface area contributed by atoms with E-state index in [0.717, 1.165) is 92.5 Å². The Kier molecular flexibility index (Phi) is 12.5. The first-order valence-corrected chi connectivity index (χ1v) is 23.4. The van der Waals surface area contributed by atoms with Gasteiger partial charge in [0, 0.05) is 51.6 Å². The number of carbonyl (C=O) groups is 4. The fourth-order valence-electron chi connectivity index (χ4n) is 10.9. The molecule has 0 aliphatic carbocycles. The van der Waals surface area contributed by atoms with Crippen molar-refractivity contribution >= 4 is 57.2 Å². The Morgan fingerprint density at radius 2 is 1.17 bits per heavy atom. The number of likely N-dealkylation sites (tertiary alicyclic amines) is 2. The molecule has 4 aromatic carbocycles. The predicted octanol–water partition coefficient (Wildman–Crippen LogP) is 7.64. The van der Waals surface area contributed by atoms with Crippen LogP contribution in [0.3, 0.4) is 0 Å². The monoisotopic (exact) mass is 895 g/mol. The molecular formula is C51H57N7O8. The highest BCUT2D eigenvalue weighted by Gasteiger charge is 2.42. The van der Waals surface area contributed by atoms with Crippen molar-refractivity contribution in [3.05, 3.63) is 84.2 Å². The Morgan fingerprint density at radius 3 is 1.76 bits per heavy atom. The van der Waals surface area contributed by atoms with Gasteiger partial charge in [-0.25, -0.2) is 14.6 Å². The van der Waals surface area contributed by atoms with Crippen LogP contribution < -0.4 is 10.6 Å². The maximum Gasteiger partial charge on any atom is 0.407 e. The summed E-state index contributed by atoms with van der Waals surface area (Å²) in [4.78, 5) is 70.3. The number of aliphatic imine (C=N–C) groups is 1. The topological polar surface area (TPSA) is 177 Å². The molecule has 15 nitrogen and oxygen atoms in total. The van der Waals surface area contributed by atoms with Crippen LogP contribution in [0.2, 0.25) is 0 Å². The number of nitrogens with zero attached hydrogens (tertiary/aromatic N) is 4. The number of nitrogens with one attached hydrogen (secondary N) is 3. The largest absolute Gasteiger partial charge is 0.453 e. The molecule has 3 N–H and O–H groups in total. The first-order chi connectivity index (χ1) is 32.2. The highest BCUT2D eigenvalue weighted by molar-refractivity contribution is 6.01. The second-order valence-electron chi connectivity index (χ2n) is 18.3. The maximum atomic E-state index is 14.1. The van der Waals surface area contributed by atoms with E-state index in [1.807, 2.05) is 15.9 Å². The van der Waals surface area contributed by atoms with Gasteiger partial charge in [0.25, 0.3) is 0 Å². The van der Waals surface area contributed by atoms with Gasteiger partial charge in [-0.2, -0.15) is 0 Å². The number of methoxy groups -OCH3 is 2. The summed E-state index contributed by atoms with van der Waals surface area (Å²) in [5.74, 6) is 0.526. The van der Waals surface area contributed by atoms with Crippen molar-refractivity contribution in [2.24, 2.45) is 16.8 Å². The molecule has 0 unspecified atom stereocenters. The second-order valence-corrected chi connectivity index (χ2v) is 18.3. The second kappa shape index (κ2) is 18.9. The number of H-pyrrole nitrogens is 1. The normalized spacial score (nSPS) is 21.1. The molecule has 0 saturated carbocycles. The molecule has 5 aliphatic rings. The highest BCUT2D eigenvalue weighted by atomic mass is 16.5. The highest BCUT2D eigenvalue weighted by Crippen LogP contribution is 2.38. The van der Waals surface area contributed by atoms with Crippen molar-refractivity contribution in [3.8, 4) is 22.3 Å². The van der Waals surface area contributed by atoms with Gasteiger partial charge in [-0.05, 0) is 138 Å². The van der Waals surface area contributed by atoms with Crippen molar-refractivity contribution < 1.29 is 38.1 Å². The number of hydrogen-bond acceptors (Lipinski definition) is 10. The Labute approximate surface area is 383 Å². The molecule has 4 saturated heterocycles. The summed E-state index contributed by atoms with van der Waals surface area (Å²) in [6.07, 6.45) is 5.62. The fourth-order valence-corrected chi connectivity index (χ4v) is 10.9. The number of fused-ring (bicyclic) bond motifs is 3. The van der Waals surface area contributed by atoms with Crippen LogP contribution in [0.4, 0.5) is 15.3 Å². The minimum absolute atomic E-state index is 0.0119. The maximum absolute atomic E-state index is 14.1. The number of alkyl carbamates (subject to hydrolysis) is 2. The number of benzene rings is 4. The fraction of sp³-hybridized carbons (Fsp3) is 0.451. The van der Waals surface area contributed by atoms with Crippen LogP contribution in [0, 0.1) is 11.8 Å². The van der Waals surface area contributed by atoms with Crippen LogP contribution in [0.15, 0.2) is 77.8 Å². The molecule has 5 aromatic rings. The lowest BCUT2D eigenvalue weighted by atomic mass is 9.90. The molecule has 0 radical (unpaired) electrons. The zero-order chi connectivity index (χ0) is 45.3. The smallest absolute Gasteiger partial charge is 0.407 e. The van der Waals surface area contributed by atoms with Crippen LogP contribution in [0.1, 0.15) is 68.8 Å². The third-order valence-electron chi connectivity index (χ3n) is 14.4. The van der Waals surface area contributed by atoms with E-state index < -0.39 is 24.3 Å². The molecule has 6 heterocycles. The van der Waals surface area contributed by atoms with Crippen molar-refractivity contribution in [2.75, 3.05) is 53.7 Å². The Bertz CT molecular complexity index is 2690. The molecule has 4 atom stereocenters. The van der Waals surface area contributed by atoms with Crippen molar-refractivity contribution in [1.82, 2.24) is 30.4 Å².